The minimum absolute atomic E-state index is 0.196. The topological polar surface area (TPSA) is 22.0 Å². The minimum Gasteiger partial charge on any atom is -0.348 e. The quantitative estimate of drug-likeness (QED) is 0.774. The van der Waals surface area contributed by atoms with Gasteiger partial charge in [-0.15, -0.1) is 11.8 Å². The van der Waals surface area contributed by atoms with Crippen molar-refractivity contribution in [3.8, 4) is 0 Å². The van der Waals surface area contributed by atoms with Gasteiger partial charge < -0.3 is 4.57 Å². The number of Topliss-reactive ketones (excluding diaryl/α,β-unsaturated/α-hetero) is 1. The maximum absolute atomic E-state index is 12.0. The lowest BCUT2D eigenvalue weighted by Crippen LogP contribution is -2.07. The standard InChI is InChI=1S/C16H19NOS/c1-12-7-13(2)9-14(8-12)10-19-11-16(18)15-5-4-6-17(15)3/h4-9H,10-11H2,1-3H3. The number of hydrogen-bond acceptors (Lipinski definition) is 2. The van der Waals surface area contributed by atoms with Gasteiger partial charge in [0.2, 0.25) is 0 Å². The first-order chi connectivity index (χ1) is 9.06. The third-order valence-electron chi connectivity index (χ3n) is 3.01. The summed E-state index contributed by atoms with van der Waals surface area (Å²) >= 11 is 1.68. The lowest BCUT2D eigenvalue weighted by molar-refractivity contribution is 0.101. The molecule has 1 aromatic carbocycles. The highest BCUT2D eigenvalue weighted by molar-refractivity contribution is 7.99. The highest BCUT2D eigenvalue weighted by atomic mass is 32.2. The highest BCUT2D eigenvalue weighted by Crippen LogP contribution is 2.17. The summed E-state index contributed by atoms with van der Waals surface area (Å²) in [6.07, 6.45) is 1.90. The molecule has 0 aliphatic heterocycles. The van der Waals surface area contributed by atoms with Gasteiger partial charge in [0.05, 0.1) is 11.4 Å². The molecule has 2 rings (SSSR count). The molecule has 0 aliphatic rings. The molecule has 0 unspecified atom stereocenters. The average molecular weight is 273 g/mol. The predicted molar refractivity (Wildman–Crippen MR) is 81.8 cm³/mol. The minimum atomic E-state index is 0.196. The van der Waals surface area contributed by atoms with Crippen molar-refractivity contribution in [2.45, 2.75) is 19.6 Å². The summed E-state index contributed by atoms with van der Waals surface area (Å²) in [6.45, 7) is 4.21. The van der Waals surface area contributed by atoms with E-state index in [0.717, 1.165) is 11.4 Å². The van der Waals surface area contributed by atoms with Gasteiger partial charge in [-0.1, -0.05) is 29.3 Å². The Morgan fingerprint density at radius 3 is 2.47 bits per heavy atom. The SMILES string of the molecule is Cc1cc(C)cc(CSCC(=O)c2cccn2C)c1. The van der Waals surface area contributed by atoms with Crippen LogP contribution < -0.4 is 0 Å². The van der Waals surface area contributed by atoms with Gasteiger partial charge >= 0.3 is 0 Å². The second-order valence-electron chi connectivity index (χ2n) is 4.92. The van der Waals surface area contributed by atoms with Crippen molar-refractivity contribution >= 4 is 17.5 Å². The number of carbonyl (C=O) groups excluding carboxylic acids is 1. The Balaban J connectivity index is 1.90. The van der Waals surface area contributed by atoms with E-state index in [1.807, 2.05) is 29.9 Å². The number of benzene rings is 1. The molecule has 0 spiro atoms. The highest BCUT2D eigenvalue weighted by Gasteiger charge is 2.08. The molecule has 3 heteroatoms. The van der Waals surface area contributed by atoms with Crippen LogP contribution in [0.3, 0.4) is 0 Å². The molecule has 0 fully saturated rings. The molecular weight excluding hydrogens is 254 g/mol. The summed E-state index contributed by atoms with van der Waals surface area (Å²) in [5.74, 6) is 1.62. The van der Waals surface area contributed by atoms with E-state index < -0.39 is 0 Å². The molecule has 0 bridgehead atoms. The first-order valence-electron chi connectivity index (χ1n) is 6.35. The fraction of sp³-hybridized carbons (Fsp3) is 0.312. The zero-order valence-corrected chi connectivity index (χ0v) is 12.5. The molecule has 0 amide bonds. The molecule has 0 atom stereocenters. The van der Waals surface area contributed by atoms with Crippen LogP contribution in [-0.2, 0) is 12.8 Å². The lowest BCUT2D eigenvalue weighted by Gasteiger charge is -2.05. The van der Waals surface area contributed by atoms with E-state index in [1.165, 1.54) is 16.7 Å². The monoisotopic (exact) mass is 273 g/mol. The van der Waals surface area contributed by atoms with Crippen molar-refractivity contribution in [3.05, 3.63) is 58.9 Å². The van der Waals surface area contributed by atoms with Crippen molar-refractivity contribution in [2.75, 3.05) is 5.75 Å². The molecule has 0 N–H and O–H groups in total. The summed E-state index contributed by atoms with van der Waals surface area (Å²) in [7, 11) is 1.90. The first kappa shape index (κ1) is 13.9. The normalized spacial score (nSPS) is 10.7. The molecule has 100 valence electrons. The van der Waals surface area contributed by atoms with Crippen LogP contribution in [0, 0.1) is 13.8 Å². The van der Waals surface area contributed by atoms with Crippen molar-refractivity contribution in [1.29, 1.82) is 0 Å². The van der Waals surface area contributed by atoms with E-state index in [0.29, 0.717) is 5.75 Å². The first-order valence-corrected chi connectivity index (χ1v) is 7.51. The number of aromatic nitrogens is 1. The second kappa shape index (κ2) is 6.11. The number of thioether (sulfide) groups is 1. The van der Waals surface area contributed by atoms with Gasteiger partial charge in [-0.2, -0.15) is 0 Å². The molecule has 19 heavy (non-hydrogen) atoms. The van der Waals surface area contributed by atoms with Crippen LogP contribution in [0.25, 0.3) is 0 Å². The van der Waals surface area contributed by atoms with Crippen molar-refractivity contribution in [3.63, 3.8) is 0 Å². The molecule has 1 heterocycles. The Morgan fingerprint density at radius 1 is 1.21 bits per heavy atom. The van der Waals surface area contributed by atoms with Crippen LogP contribution in [0.1, 0.15) is 27.2 Å². The van der Waals surface area contributed by atoms with Crippen LogP contribution >= 0.6 is 11.8 Å². The maximum atomic E-state index is 12.0. The van der Waals surface area contributed by atoms with Gasteiger partial charge in [-0.3, -0.25) is 4.79 Å². The molecule has 1 aromatic heterocycles. The van der Waals surface area contributed by atoms with E-state index in [4.69, 9.17) is 0 Å². The van der Waals surface area contributed by atoms with Crippen LogP contribution in [-0.4, -0.2) is 16.1 Å². The Kier molecular flexibility index (Phi) is 4.48. The van der Waals surface area contributed by atoms with Crippen LogP contribution in [0.2, 0.25) is 0 Å². The number of nitrogens with zero attached hydrogens (tertiary/aromatic N) is 1. The van der Waals surface area contributed by atoms with E-state index in [2.05, 4.69) is 32.0 Å². The third kappa shape index (κ3) is 3.74. The van der Waals surface area contributed by atoms with E-state index in [9.17, 15) is 4.79 Å². The number of carbonyl (C=O) groups is 1. The van der Waals surface area contributed by atoms with E-state index >= 15 is 0 Å². The molecule has 0 saturated heterocycles. The molecule has 2 nitrogen and oxygen atoms in total. The third-order valence-corrected chi connectivity index (χ3v) is 4.02. The smallest absolute Gasteiger partial charge is 0.189 e. The fourth-order valence-corrected chi connectivity index (χ4v) is 3.08. The van der Waals surface area contributed by atoms with Gasteiger partial charge in [-0.25, -0.2) is 0 Å². The van der Waals surface area contributed by atoms with Crippen molar-refractivity contribution in [1.82, 2.24) is 4.57 Å². The second-order valence-corrected chi connectivity index (χ2v) is 5.90. The van der Waals surface area contributed by atoms with Crippen LogP contribution in [0.5, 0.6) is 0 Å². The van der Waals surface area contributed by atoms with Gasteiger partial charge in [0.1, 0.15) is 0 Å². The number of ketones is 1. The molecule has 0 aliphatic carbocycles. The summed E-state index contributed by atoms with van der Waals surface area (Å²) in [5, 5.41) is 0. The van der Waals surface area contributed by atoms with Crippen LogP contribution in [0.4, 0.5) is 0 Å². The summed E-state index contributed by atoms with van der Waals surface area (Å²) in [5.41, 5.74) is 4.64. The largest absolute Gasteiger partial charge is 0.348 e. The van der Waals surface area contributed by atoms with Crippen molar-refractivity contribution < 1.29 is 4.79 Å². The summed E-state index contributed by atoms with van der Waals surface area (Å²) in [4.78, 5) is 12.0. The Labute approximate surface area is 118 Å². The van der Waals surface area contributed by atoms with Gasteiger partial charge in [0, 0.05) is 19.0 Å². The zero-order chi connectivity index (χ0) is 13.8. The van der Waals surface area contributed by atoms with Gasteiger partial charge in [0.15, 0.2) is 5.78 Å². The van der Waals surface area contributed by atoms with Gasteiger partial charge in [0.25, 0.3) is 0 Å². The van der Waals surface area contributed by atoms with E-state index in [-0.39, 0.29) is 5.78 Å². The Bertz CT molecular complexity index is 566. The van der Waals surface area contributed by atoms with Crippen molar-refractivity contribution in [2.24, 2.45) is 7.05 Å². The number of rotatable bonds is 5. The zero-order valence-electron chi connectivity index (χ0n) is 11.6. The lowest BCUT2D eigenvalue weighted by atomic mass is 10.1. The molecule has 0 saturated carbocycles. The fourth-order valence-electron chi connectivity index (χ4n) is 2.24. The van der Waals surface area contributed by atoms with Crippen LogP contribution in [0.15, 0.2) is 36.5 Å². The number of aryl methyl sites for hydroxylation is 3. The Hall–Kier alpha value is -1.48. The molecule has 2 aromatic rings. The maximum Gasteiger partial charge on any atom is 0.189 e. The van der Waals surface area contributed by atoms with E-state index in [1.54, 1.807) is 11.8 Å². The number of hydrogen-bond donors (Lipinski definition) is 0. The molecule has 0 radical (unpaired) electrons. The molecular formula is C16H19NOS. The summed E-state index contributed by atoms with van der Waals surface area (Å²) in [6, 6.07) is 10.3. The Morgan fingerprint density at radius 2 is 1.89 bits per heavy atom. The average Bonchev–Trinajstić information content (AvgIpc) is 2.74. The predicted octanol–water partition coefficient (Wildman–Crippen LogP) is 3.76. The van der Waals surface area contributed by atoms with Gasteiger partial charge in [-0.05, 0) is 31.5 Å². The summed E-state index contributed by atoms with van der Waals surface area (Å²) < 4.78 is 1.87.